The number of benzene rings is 1. The van der Waals surface area contributed by atoms with Crippen molar-refractivity contribution < 1.29 is 18.7 Å². The molecule has 1 aromatic rings. The molecule has 18 heavy (non-hydrogen) atoms. The van der Waals surface area contributed by atoms with E-state index >= 15 is 0 Å². The summed E-state index contributed by atoms with van der Waals surface area (Å²) >= 11 is 0. The summed E-state index contributed by atoms with van der Waals surface area (Å²) in [6.07, 6.45) is 0.500. The Morgan fingerprint density at radius 2 is 2.06 bits per heavy atom. The van der Waals surface area contributed by atoms with Crippen LogP contribution in [0.2, 0.25) is 0 Å². The van der Waals surface area contributed by atoms with E-state index in [0.717, 1.165) is 0 Å². The number of halogens is 1. The van der Waals surface area contributed by atoms with Gasteiger partial charge < -0.3 is 9.64 Å². The largest absolute Gasteiger partial charge is 0.480 e. The van der Waals surface area contributed by atoms with Gasteiger partial charge in [-0.1, -0.05) is 6.07 Å². The summed E-state index contributed by atoms with van der Waals surface area (Å²) in [6, 6.07) is 4.04. The molecule has 0 aliphatic rings. The van der Waals surface area contributed by atoms with Crippen molar-refractivity contribution in [1.82, 2.24) is 4.90 Å². The molecule has 5 heteroatoms. The zero-order chi connectivity index (χ0) is 13.5. The highest BCUT2D eigenvalue weighted by atomic mass is 19.1. The first-order valence-corrected chi connectivity index (χ1v) is 5.78. The molecule has 0 atom stereocenters. The van der Waals surface area contributed by atoms with Gasteiger partial charge in [-0.15, -0.1) is 0 Å². The van der Waals surface area contributed by atoms with Gasteiger partial charge in [0.05, 0.1) is 5.56 Å². The Hall–Kier alpha value is -1.91. The second-order valence-electron chi connectivity index (χ2n) is 3.63. The van der Waals surface area contributed by atoms with Gasteiger partial charge in [0.15, 0.2) is 24.5 Å². The summed E-state index contributed by atoms with van der Waals surface area (Å²) in [5, 5.41) is 0. The quantitative estimate of drug-likeness (QED) is 0.727. The number of rotatable bonds is 6. The van der Waals surface area contributed by atoms with Gasteiger partial charge in [0.1, 0.15) is 0 Å². The Morgan fingerprint density at radius 1 is 1.39 bits per heavy atom. The first-order valence-electron chi connectivity index (χ1n) is 5.78. The molecule has 0 aromatic heterocycles. The van der Waals surface area contributed by atoms with Crippen molar-refractivity contribution >= 4 is 12.2 Å². The Bertz CT molecular complexity index is 430. The molecule has 0 bridgehead atoms. The fourth-order valence-corrected chi connectivity index (χ4v) is 1.57. The van der Waals surface area contributed by atoms with Crippen molar-refractivity contribution in [3.05, 3.63) is 29.6 Å². The lowest BCUT2D eigenvalue weighted by molar-refractivity contribution is -0.133. The number of hydrogen-bond acceptors (Lipinski definition) is 3. The van der Waals surface area contributed by atoms with Crippen LogP contribution in [-0.4, -0.2) is 36.8 Å². The number of carbonyl (C=O) groups excluding carboxylic acids is 2. The van der Waals surface area contributed by atoms with Crippen molar-refractivity contribution in [3.8, 4) is 5.75 Å². The van der Waals surface area contributed by atoms with E-state index in [1.54, 1.807) is 4.90 Å². The van der Waals surface area contributed by atoms with E-state index in [2.05, 4.69) is 0 Å². The molecule has 0 aliphatic carbocycles. The molecular formula is C13H16FNO3. The van der Waals surface area contributed by atoms with Crippen LogP contribution in [0.15, 0.2) is 18.2 Å². The van der Waals surface area contributed by atoms with Gasteiger partial charge in [0, 0.05) is 13.1 Å². The third-order valence-corrected chi connectivity index (χ3v) is 2.58. The lowest BCUT2D eigenvalue weighted by atomic mass is 10.2. The maximum atomic E-state index is 13.4. The molecule has 1 aromatic carbocycles. The molecule has 1 rings (SSSR count). The van der Waals surface area contributed by atoms with E-state index in [1.165, 1.54) is 18.2 Å². The van der Waals surface area contributed by atoms with Gasteiger partial charge in [0.25, 0.3) is 5.91 Å². The Kier molecular flexibility index (Phi) is 5.30. The fraction of sp³-hybridized carbons (Fsp3) is 0.385. The predicted octanol–water partition coefficient (Wildman–Crippen LogP) is 1.89. The standard InChI is InChI=1S/C13H16FNO3/c1-3-15(4-2)12(17)9-18-13-10(8-16)6-5-7-11(13)14/h5-8H,3-4,9H2,1-2H3. The predicted molar refractivity (Wildman–Crippen MR) is 65.2 cm³/mol. The number of carbonyl (C=O) groups is 2. The number of nitrogens with zero attached hydrogens (tertiary/aromatic N) is 1. The summed E-state index contributed by atoms with van der Waals surface area (Å²) in [5.41, 5.74) is 0.0994. The summed E-state index contributed by atoms with van der Waals surface area (Å²) in [4.78, 5) is 24.0. The van der Waals surface area contributed by atoms with Crippen molar-refractivity contribution in [2.75, 3.05) is 19.7 Å². The fourth-order valence-electron chi connectivity index (χ4n) is 1.57. The molecular weight excluding hydrogens is 237 g/mol. The molecule has 0 radical (unpaired) electrons. The molecule has 4 nitrogen and oxygen atoms in total. The van der Waals surface area contributed by atoms with Crippen LogP contribution in [0, 0.1) is 5.82 Å². The van der Waals surface area contributed by atoms with Crippen LogP contribution in [0.4, 0.5) is 4.39 Å². The molecule has 1 amide bonds. The number of para-hydroxylation sites is 1. The summed E-state index contributed by atoms with van der Waals surface area (Å²) in [7, 11) is 0. The minimum absolute atomic E-state index is 0.0994. The van der Waals surface area contributed by atoms with Crippen LogP contribution in [0.3, 0.4) is 0 Å². The molecule has 0 aliphatic heterocycles. The minimum atomic E-state index is -0.646. The maximum Gasteiger partial charge on any atom is 0.260 e. The third-order valence-electron chi connectivity index (χ3n) is 2.58. The minimum Gasteiger partial charge on any atom is -0.480 e. The molecule has 0 unspecified atom stereocenters. The van der Waals surface area contributed by atoms with Crippen molar-refractivity contribution in [3.63, 3.8) is 0 Å². The van der Waals surface area contributed by atoms with Crippen LogP contribution in [0.1, 0.15) is 24.2 Å². The molecule has 0 saturated carbocycles. The van der Waals surface area contributed by atoms with Gasteiger partial charge in [-0.25, -0.2) is 4.39 Å². The van der Waals surface area contributed by atoms with Crippen LogP contribution in [-0.2, 0) is 4.79 Å². The van der Waals surface area contributed by atoms with Crippen molar-refractivity contribution in [1.29, 1.82) is 0 Å². The van der Waals surface area contributed by atoms with Crippen LogP contribution in [0.25, 0.3) is 0 Å². The van der Waals surface area contributed by atoms with Crippen molar-refractivity contribution in [2.45, 2.75) is 13.8 Å². The first kappa shape index (κ1) is 14.2. The third kappa shape index (κ3) is 3.29. The highest BCUT2D eigenvalue weighted by molar-refractivity contribution is 5.81. The Labute approximate surface area is 105 Å². The van der Waals surface area contributed by atoms with E-state index in [0.29, 0.717) is 19.4 Å². The molecule has 0 heterocycles. The SMILES string of the molecule is CCN(CC)C(=O)COc1c(F)cccc1C=O. The zero-order valence-corrected chi connectivity index (χ0v) is 10.5. The molecule has 0 saturated heterocycles. The number of aldehydes is 1. The highest BCUT2D eigenvalue weighted by Crippen LogP contribution is 2.20. The van der Waals surface area contributed by atoms with E-state index in [9.17, 15) is 14.0 Å². The molecule has 98 valence electrons. The van der Waals surface area contributed by atoms with Crippen LogP contribution < -0.4 is 4.74 Å². The number of ether oxygens (including phenoxy) is 1. The van der Waals surface area contributed by atoms with Crippen molar-refractivity contribution in [2.24, 2.45) is 0 Å². The van der Waals surface area contributed by atoms with E-state index in [-0.39, 0.29) is 23.8 Å². The molecule has 0 N–H and O–H groups in total. The number of amides is 1. The van der Waals surface area contributed by atoms with Crippen LogP contribution in [0.5, 0.6) is 5.75 Å². The van der Waals surface area contributed by atoms with Crippen LogP contribution >= 0.6 is 0 Å². The Morgan fingerprint density at radius 3 is 2.61 bits per heavy atom. The summed E-state index contributed by atoms with van der Waals surface area (Å²) in [6.45, 7) is 4.55. The topological polar surface area (TPSA) is 46.6 Å². The molecule has 0 spiro atoms. The zero-order valence-electron chi connectivity index (χ0n) is 10.5. The second kappa shape index (κ2) is 6.74. The van der Waals surface area contributed by atoms with Gasteiger partial charge in [-0.3, -0.25) is 9.59 Å². The van der Waals surface area contributed by atoms with Gasteiger partial charge in [-0.05, 0) is 26.0 Å². The lowest BCUT2D eigenvalue weighted by Gasteiger charge is -2.19. The Balaban J connectivity index is 2.74. The number of likely N-dealkylation sites (N-methyl/N-ethyl adjacent to an activating group) is 1. The summed E-state index contributed by atoms with van der Waals surface area (Å²) < 4.78 is 18.6. The maximum absolute atomic E-state index is 13.4. The molecule has 0 fully saturated rings. The first-order chi connectivity index (χ1) is 8.63. The average Bonchev–Trinajstić information content (AvgIpc) is 2.38. The van der Waals surface area contributed by atoms with Gasteiger partial charge in [-0.2, -0.15) is 0 Å². The average molecular weight is 253 g/mol. The monoisotopic (exact) mass is 253 g/mol. The highest BCUT2D eigenvalue weighted by Gasteiger charge is 2.14. The normalized spacial score (nSPS) is 9.94. The lowest BCUT2D eigenvalue weighted by Crippen LogP contribution is -2.34. The smallest absolute Gasteiger partial charge is 0.260 e. The van der Waals surface area contributed by atoms with E-state index in [4.69, 9.17) is 4.74 Å². The number of hydrogen-bond donors (Lipinski definition) is 0. The van der Waals surface area contributed by atoms with Gasteiger partial charge in [0.2, 0.25) is 0 Å². The van der Waals surface area contributed by atoms with E-state index in [1.807, 2.05) is 13.8 Å². The van der Waals surface area contributed by atoms with E-state index < -0.39 is 5.82 Å². The second-order valence-corrected chi connectivity index (χ2v) is 3.63. The summed E-state index contributed by atoms with van der Waals surface area (Å²) in [5.74, 6) is -1.06. The van der Waals surface area contributed by atoms with Gasteiger partial charge >= 0.3 is 0 Å².